The maximum Gasteiger partial charge on any atom is 0.246 e. The predicted molar refractivity (Wildman–Crippen MR) is 66.4 cm³/mol. The summed E-state index contributed by atoms with van der Waals surface area (Å²) in [7, 11) is 0. The molecule has 100 valence electrons. The summed E-state index contributed by atoms with van der Waals surface area (Å²) in [5.74, 6) is 0.180. The van der Waals surface area contributed by atoms with Crippen molar-refractivity contribution in [3.8, 4) is 11.4 Å². The Morgan fingerprint density at radius 2 is 2.05 bits per heavy atom. The number of nitrogens with zero attached hydrogens (tertiary/aromatic N) is 2. The quantitative estimate of drug-likeness (QED) is 0.917. The van der Waals surface area contributed by atoms with E-state index >= 15 is 0 Å². The van der Waals surface area contributed by atoms with Crippen molar-refractivity contribution >= 4 is 5.91 Å². The standard InChI is InChI=1S/C13H14FN3O2/c1-8(2)13(18)15-7-11-16-12(17-19-11)9-3-5-10(14)6-4-9/h3-6,8H,7H2,1-2H3,(H,15,18). The van der Waals surface area contributed by atoms with Gasteiger partial charge < -0.3 is 9.84 Å². The van der Waals surface area contributed by atoms with Crippen LogP contribution in [0, 0.1) is 11.7 Å². The van der Waals surface area contributed by atoms with Gasteiger partial charge in [0.1, 0.15) is 5.82 Å². The highest BCUT2D eigenvalue weighted by Gasteiger charge is 2.11. The minimum Gasteiger partial charge on any atom is -0.347 e. The molecule has 5 nitrogen and oxygen atoms in total. The van der Waals surface area contributed by atoms with Crippen LogP contribution in [0.2, 0.25) is 0 Å². The van der Waals surface area contributed by atoms with Gasteiger partial charge in [-0.15, -0.1) is 0 Å². The number of aromatic nitrogens is 2. The number of hydrogen-bond acceptors (Lipinski definition) is 4. The van der Waals surface area contributed by atoms with Gasteiger partial charge in [0.25, 0.3) is 0 Å². The van der Waals surface area contributed by atoms with Crippen LogP contribution in [0.3, 0.4) is 0 Å². The van der Waals surface area contributed by atoms with Crippen LogP contribution in [0.5, 0.6) is 0 Å². The summed E-state index contributed by atoms with van der Waals surface area (Å²) >= 11 is 0. The van der Waals surface area contributed by atoms with Crippen LogP contribution in [0.15, 0.2) is 28.8 Å². The monoisotopic (exact) mass is 263 g/mol. The fourth-order valence-electron chi connectivity index (χ4n) is 1.41. The molecule has 1 aromatic carbocycles. The molecule has 19 heavy (non-hydrogen) atoms. The van der Waals surface area contributed by atoms with Gasteiger partial charge >= 0.3 is 0 Å². The molecule has 2 rings (SSSR count). The summed E-state index contributed by atoms with van der Waals surface area (Å²) in [5.41, 5.74) is 0.659. The van der Waals surface area contributed by atoms with E-state index in [1.54, 1.807) is 26.0 Å². The molecule has 0 fully saturated rings. The number of carbonyl (C=O) groups is 1. The molecule has 0 saturated heterocycles. The van der Waals surface area contributed by atoms with E-state index < -0.39 is 0 Å². The minimum atomic E-state index is -0.323. The van der Waals surface area contributed by atoms with Crippen molar-refractivity contribution < 1.29 is 13.7 Å². The number of rotatable bonds is 4. The van der Waals surface area contributed by atoms with Crippen LogP contribution >= 0.6 is 0 Å². The third-order valence-electron chi connectivity index (χ3n) is 2.51. The van der Waals surface area contributed by atoms with E-state index in [1.807, 2.05) is 0 Å². The Labute approximate surface area is 109 Å². The van der Waals surface area contributed by atoms with Gasteiger partial charge in [-0.1, -0.05) is 19.0 Å². The molecule has 0 atom stereocenters. The Balaban J connectivity index is 2.03. The highest BCUT2D eigenvalue weighted by molar-refractivity contribution is 5.77. The average Bonchev–Trinajstić information content (AvgIpc) is 2.85. The SMILES string of the molecule is CC(C)C(=O)NCc1nc(-c2ccc(F)cc2)no1. The van der Waals surface area contributed by atoms with Gasteiger partial charge in [0.05, 0.1) is 6.54 Å². The van der Waals surface area contributed by atoms with Crippen LogP contribution in [-0.4, -0.2) is 16.0 Å². The van der Waals surface area contributed by atoms with Gasteiger partial charge in [-0.2, -0.15) is 4.98 Å². The van der Waals surface area contributed by atoms with E-state index in [9.17, 15) is 9.18 Å². The van der Waals surface area contributed by atoms with Crippen molar-refractivity contribution in [2.24, 2.45) is 5.92 Å². The Morgan fingerprint density at radius 3 is 2.68 bits per heavy atom. The molecule has 2 aromatic rings. The summed E-state index contributed by atoms with van der Waals surface area (Å²) in [6.07, 6.45) is 0. The van der Waals surface area contributed by atoms with E-state index in [0.717, 1.165) is 0 Å². The zero-order valence-electron chi connectivity index (χ0n) is 10.7. The van der Waals surface area contributed by atoms with Crippen molar-refractivity contribution in [1.29, 1.82) is 0 Å². The first-order valence-electron chi connectivity index (χ1n) is 5.92. The van der Waals surface area contributed by atoms with Crippen LogP contribution in [-0.2, 0) is 11.3 Å². The first-order valence-corrected chi connectivity index (χ1v) is 5.92. The van der Waals surface area contributed by atoms with Crippen molar-refractivity contribution in [1.82, 2.24) is 15.5 Å². The molecule has 0 aliphatic carbocycles. The number of halogens is 1. The molecule has 6 heteroatoms. The second kappa shape index (κ2) is 5.60. The lowest BCUT2D eigenvalue weighted by molar-refractivity contribution is -0.124. The van der Waals surface area contributed by atoms with E-state index in [1.165, 1.54) is 12.1 Å². The normalized spacial score (nSPS) is 10.7. The number of carbonyl (C=O) groups excluding carboxylic acids is 1. The summed E-state index contributed by atoms with van der Waals surface area (Å²) < 4.78 is 17.8. The average molecular weight is 263 g/mol. The van der Waals surface area contributed by atoms with Crippen molar-refractivity contribution in [2.75, 3.05) is 0 Å². The summed E-state index contributed by atoms with van der Waals surface area (Å²) in [6, 6.07) is 5.78. The molecule has 1 N–H and O–H groups in total. The molecule has 1 aromatic heterocycles. The Morgan fingerprint density at radius 1 is 1.37 bits per heavy atom. The van der Waals surface area contributed by atoms with Gasteiger partial charge in [0, 0.05) is 11.5 Å². The van der Waals surface area contributed by atoms with Gasteiger partial charge in [0.15, 0.2) is 0 Å². The molecule has 0 aliphatic heterocycles. The molecule has 0 bridgehead atoms. The summed E-state index contributed by atoms with van der Waals surface area (Å²) in [4.78, 5) is 15.5. The van der Waals surface area contributed by atoms with Crippen molar-refractivity contribution in [3.05, 3.63) is 36.0 Å². The number of hydrogen-bond donors (Lipinski definition) is 1. The first kappa shape index (κ1) is 13.2. The van der Waals surface area contributed by atoms with Gasteiger partial charge in [-0.25, -0.2) is 4.39 Å². The summed E-state index contributed by atoms with van der Waals surface area (Å²) in [5, 5.41) is 6.46. The molecule has 1 heterocycles. The van der Waals surface area contributed by atoms with Crippen molar-refractivity contribution in [2.45, 2.75) is 20.4 Å². The third kappa shape index (κ3) is 3.37. The highest BCUT2D eigenvalue weighted by Crippen LogP contribution is 2.15. The number of amides is 1. The smallest absolute Gasteiger partial charge is 0.246 e. The van der Waals surface area contributed by atoms with E-state index in [0.29, 0.717) is 17.3 Å². The summed E-state index contributed by atoms with van der Waals surface area (Å²) in [6.45, 7) is 3.78. The van der Waals surface area contributed by atoms with Gasteiger partial charge in [-0.05, 0) is 24.3 Å². The lowest BCUT2D eigenvalue weighted by Crippen LogP contribution is -2.27. The zero-order valence-corrected chi connectivity index (χ0v) is 10.7. The van der Waals surface area contributed by atoms with E-state index in [4.69, 9.17) is 4.52 Å². The molecule has 0 radical (unpaired) electrons. The Hall–Kier alpha value is -2.24. The van der Waals surface area contributed by atoms with Crippen LogP contribution in [0.4, 0.5) is 4.39 Å². The molecule has 1 amide bonds. The predicted octanol–water partition coefficient (Wildman–Crippen LogP) is 2.15. The first-order chi connectivity index (χ1) is 9.06. The lowest BCUT2D eigenvalue weighted by atomic mass is 10.2. The van der Waals surface area contributed by atoms with Gasteiger partial charge in [0.2, 0.25) is 17.6 Å². The third-order valence-corrected chi connectivity index (χ3v) is 2.51. The molecule has 0 spiro atoms. The van der Waals surface area contributed by atoms with E-state index in [-0.39, 0.29) is 24.2 Å². The van der Waals surface area contributed by atoms with Crippen LogP contribution in [0.1, 0.15) is 19.7 Å². The number of benzene rings is 1. The Bertz CT molecular complexity index is 564. The second-order valence-electron chi connectivity index (χ2n) is 4.39. The maximum atomic E-state index is 12.8. The highest BCUT2D eigenvalue weighted by atomic mass is 19.1. The van der Waals surface area contributed by atoms with Gasteiger partial charge in [-0.3, -0.25) is 4.79 Å². The molecule has 0 unspecified atom stereocenters. The van der Waals surface area contributed by atoms with Crippen LogP contribution in [0.25, 0.3) is 11.4 Å². The van der Waals surface area contributed by atoms with Crippen LogP contribution < -0.4 is 5.32 Å². The van der Waals surface area contributed by atoms with E-state index in [2.05, 4.69) is 15.5 Å². The number of nitrogens with one attached hydrogen (secondary N) is 1. The fraction of sp³-hybridized carbons (Fsp3) is 0.308. The molecular formula is C13H14FN3O2. The lowest BCUT2D eigenvalue weighted by Gasteiger charge is -2.03. The maximum absolute atomic E-state index is 12.8. The Kier molecular flexibility index (Phi) is 3.89. The largest absolute Gasteiger partial charge is 0.347 e. The van der Waals surface area contributed by atoms with Crippen molar-refractivity contribution in [3.63, 3.8) is 0 Å². The minimum absolute atomic E-state index is 0.0819. The second-order valence-corrected chi connectivity index (χ2v) is 4.39. The topological polar surface area (TPSA) is 68.0 Å². The molecule has 0 saturated carbocycles. The molecular weight excluding hydrogens is 249 g/mol. The fourth-order valence-corrected chi connectivity index (χ4v) is 1.41. The zero-order chi connectivity index (χ0) is 13.8. The molecule has 0 aliphatic rings.